The molecular formula is C19H18ClN5O2S. The zero-order valence-electron chi connectivity index (χ0n) is 15.2. The molecule has 0 saturated carbocycles. The molecule has 7 nitrogen and oxygen atoms in total. The molecule has 1 aromatic carbocycles. The number of hydrogen-bond donors (Lipinski definition) is 0. The van der Waals surface area contributed by atoms with Crippen LogP contribution in [0.15, 0.2) is 50.7 Å². The van der Waals surface area contributed by atoms with Crippen molar-refractivity contribution in [3.8, 4) is 22.2 Å². The van der Waals surface area contributed by atoms with Crippen LogP contribution >= 0.6 is 22.9 Å². The fourth-order valence-corrected chi connectivity index (χ4v) is 3.54. The second-order valence-electron chi connectivity index (χ2n) is 6.21. The molecule has 0 aliphatic carbocycles. The topological polar surface area (TPSA) is 81.1 Å². The van der Waals surface area contributed by atoms with Gasteiger partial charge in [0.15, 0.2) is 0 Å². The monoisotopic (exact) mass is 415 g/mol. The van der Waals surface area contributed by atoms with Crippen molar-refractivity contribution in [1.29, 1.82) is 0 Å². The second kappa shape index (κ2) is 8.64. The maximum atomic E-state index is 5.93. The first-order valence-corrected chi connectivity index (χ1v) is 10.1. The molecule has 144 valence electrons. The van der Waals surface area contributed by atoms with E-state index in [1.54, 1.807) is 23.5 Å². The van der Waals surface area contributed by atoms with Crippen molar-refractivity contribution in [1.82, 2.24) is 25.2 Å². The van der Waals surface area contributed by atoms with Gasteiger partial charge in [-0.15, -0.1) is 21.5 Å². The Morgan fingerprint density at radius 1 is 1.07 bits per heavy atom. The Hall–Kier alpha value is -2.55. The van der Waals surface area contributed by atoms with Crippen molar-refractivity contribution in [2.75, 3.05) is 6.54 Å². The molecule has 0 aliphatic heterocycles. The van der Waals surface area contributed by atoms with E-state index in [1.165, 1.54) is 0 Å². The van der Waals surface area contributed by atoms with E-state index in [0.29, 0.717) is 41.6 Å². The number of thiophene rings is 1. The van der Waals surface area contributed by atoms with E-state index in [0.717, 1.165) is 23.4 Å². The van der Waals surface area contributed by atoms with Crippen molar-refractivity contribution < 1.29 is 8.94 Å². The maximum absolute atomic E-state index is 5.93. The minimum atomic E-state index is 0.505. The lowest BCUT2D eigenvalue weighted by atomic mass is 10.2. The summed E-state index contributed by atoms with van der Waals surface area (Å²) in [6.07, 6.45) is 0.976. The lowest BCUT2D eigenvalue weighted by molar-refractivity contribution is 0.201. The highest BCUT2D eigenvalue weighted by molar-refractivity contribution is 7.13. The molecule has 9 heteroatoms. The summed E-state index contributed by atoms with van der Waals surface area (Å²) in [6, 6.07) is 11.3. The summed E-state index contributed by atoms with van der Waals surface area (Å²) in [5.74, 6) is 2.19. The molecule has 3 heterocycles. The smallest absolute Gasteiger partial charge is 0.257 e. The van der Waals surface area contributed by atoms with Crippen LogP contribution in [0.2, 0.25) is 5.02 Å². The fourth-order valence-electron chi connectivity index (χ4n) is 2.77. The Bertz CT molecular complexity index is 1010. The van der Waals surface area contributed by atoms with Gasteiger partial charge in [-0.3, -0.25) is 4.90 Å². The van der Waals surface area contributed by atoms with Crippen LogP contribution in [0.1, 0.15) is 25.1 Å². The van der Waals surface area contributed by atoms with E-state index in [9.17, 15) is 0 Å². The zero-order valence-corrected chi connectivity index (χ0v) is 16.8. The van der Waals surface area contributed by atoms with E-state index in [-0.39, 0.29) is 0 Å². The van der Waals surface area contributed by atoms with Gasteiger partial charge in [0.05, 0.1) is 18.0 Å². The first kappa shape index (κ1) is 18.8. The average molecular weight is 416 g/mol. The van der Waals surface area contributed by atoms with Crippen LogP contribution in [0.25, 0.3) is 22.2 Å². The summed E-state index contributed by atoms with van der Waals surface area (Å²) in [5.41, 5.74) is 0.860. The molecule has 28 heavy (non-hydrogen) atoms. The van der Waals surface area contributed by atoms with Gasteiger partial charge in [-0.05, 0) is 48.7 Å². The second-order valence-corrected chi connectivity index (χ2v) is 7.59. The summed E-state index contributed by atoms with van der Waals surface area (Å²) < 4.78 is 11.2. The predicted molar refractivity (Wildman–Crippen MR) is 107 cm³/mol. The van der Waals surface area contributed by atoms with Gasteiger partial charge in [-0.1, -0.05) is 29.7 Å². The Morgan fingerprint density at radius 2 is 1.89 bits per heavy atom. The molecule has 0 N–H and O–H groups in total. The molecule has 0 atom stereocenters. The number of nitrogens with zero attached hydrogens (tertiary/aromatic N) is 5. The highest BCUT2D eigenvalue weighted by Crippen LogP contribution is 2.24. The SMILES string of the molecule is CCCN(Cc1nc(-c2ccc(Cl)cc2)no1)Cc1nnc(-c2cccs2)o1. The van der Waals surface area contributed by atoms with Crippen LogP contribution in [-0.2, 0) is 13.1 Å². The first-order chi connectivity index (χ1) is 13.7. The third-order valence-corrected chi connectivity index (χ3v) is 5.14. The number of aromatic nitrogens is 4. The van der Waals surface area contributed by atoms with Crippen molar-refractivity contribution >= 4 is 22.9 Å². The molecule has 0 amide bonds. The van der Waals surface area contributed by atoms with Gasteiger partial charge in [0, 0.05) is 10.6 Å². The minimum absolute atomic E-state index is 0.505. The summed E-state index contributed by atoms with van der Waals surface area (Å²) in [7, 11) is 0. The predicted octanol–water partition coefficient (Wildman–Crippen LogP) is 4.91. The normalized spacial score (nSPS) is 11.4. The van der Waals surface area contributed by atoms with Gasteiger partial charge in [0.1, 0.15) is 0 Å². The Balaban J connectivity index is 1.44. The third-order valence-electron chi connectivity index (χ3n) is 4.03. The van der Waals surface area contributed by atoms with E-state index in [2.05, 4.69) is 32.2 Å². The standard InChI is InChI=1S/C19H18ClN5O2S/c1-2-9-25(12-17-22-23-19(26-17)15-4-3-10-28-15)11-16-21-18(24-27-16)13-5-7-14(20)8-6-13/h3-8,10H,2,9,11-12H2,1H3. The summed E-state index contributed by atoms with van der Waals surface area (Å²) >= 11 is 7.50. The van der Waals surface area contributed by atoms with E-state index < -0.39 is 0 Å². The Kier molecular flexibility index (Phi) is 5.80. The lowest BCUT2D eigenvalue weighted by Gasteiger charge is -2.16. The van der Waals surface area contributed by atoms with Crippen LogP contribution in [0.4, 0.5) is 0 Å². The largest absolute Gasteiger partial charge is 0.419 e. The Labute approximate surface area is 171 Å². The van der Waals surface area contributed by atoms with Gasteiger partial charge in [0.25, 0.3) is 5.89 Å². The van der Waals surface area contributed by atoms with Crippen LogP contribution in [0.3, 0.4) is 0 Å². The van der Waals surface area contributed by atoms with Crippen LogP contribution in [0.5, 0.6) is 0 Å². The van der Waals surface area contributed by atoms with Gasteiger partial charge in [-0.25, -0.2) is 0 Å². The number of hydrogen-bond acceptors (Lipinski definition) is 8. The van der Waals surface area contributed by atoms with Gasteiger partial charge in [-0.2, -0.15) is 4.98 Å². The minimum Gasteiger partial charge on any atom is -0.419 e. The molecule has 3 aromatic heterocycles. The molecule has 4 aromatic rings. The van der Waals surface area contributed by atoms with Crippen LogP contribution in [-0.4, -0.2) is 31.8 Å². The first-order valence-electron chi connectivity index (χ1n) is 8.88. The average Bonchev–Trinajstić information content (AvgIpc) is 3.44. The lowest BCUT2D eigenvalue weighted by Crippen LogP contribution is -2.24. The van der Waals surface area contributed by atoms with E-state index in [1.807, 2.05) is 29.6 Å². The quantitative estimate of drug-likeness (QED) is 0.404. The number of halogens is 1. The zero-order chi connectivity index (χ0) is 19.3. The summed E-state index contributed by atoms with van der Waals surface area (Å²) in [4.78, 5) is 7.60. The summed E-state index contributed by atoms with van der Waals surface area (Å²) in [6.45, 7) is 3.98. The van der Waals surface area contributed by atoms with Gasteiger partial charge < -0.3 is 8.94 Å². The number of rotatable bonds is 8. The molecule has 0 bridgehead atoms. The van der Waals surface area contributed by atoms with Gasteiger partial charge >= 0.3 is 0 Å². The Morgan fingerprint density at radius 3 is 2.64 bits per heavy atom. The van der Waals surface area contributed by atoms with Crippen molar-refractivity contribution in [2.45, 2.75) is 26.4 Å². The van der Waals surface area contributed by atoms with Crippen LogP contribution < -0.4 is 0 Å². The highest BCUT2D eigenvalue weighted by Gasteiger charge is 2.17. The molecule has 0 unspecified atom stereocenters. The van der Waals surface area contributed by atoms with E-state index in [4.69, 9.17) is 20.5 Å². The maximum Gasteiger partial charge on any atom is 0.257 e. The molecule has 0 spiro atoms. The molecule has 0 saturated heterocycles. The highest BCUT2D eigenvalue weighted by atomic mass is 35.5. The molecule has 4 rings (SSSR count). The third kappa shape index (κ3) is 4.46. The van der Waals surface area contributed by atoms with Crippen LogP contribution in [0, 0.1) is 0 Å². The van der Waals surface area contributed by atoms with Gasteiger partial charge in [0.2, 0.25) is 17.6 Å². The summed E-state index contributed by atoms with van der Waals surface area (Å²) in [5, 5.41) is 15.0. The molecule has 0 radical (unpaired) electrons. The molecular weight excluding hydrogens is 398 g/mol. The van der Waals surface area contributed by atoms with Crippen molar-refractivity contribution in [2.24, 2.45) is 0 Å². The van der Waals surface area contributed by atoms with Crippen molar-refractivity contribution in [3.63, 3.8) is 0 Å². The van der Waals surface area contributed by atoms with E-state index >= 15 is 0 Å². The number of benzene rings is 1. The fraction of sp³-hybridized carbons (Fsp3) is 0.263. The van der Waals surface area contributed by atoms with Crippen molar-refractivity contribution in [3.05, 3.63) is 58.6 Å². The molecule has 0 aliphatic rings. The molecule has 0 fully saturated rings.